The molecule has 0 aliphatic carbocycles. The van der Waals surface area contributed by atoms with Crippen molar-refractivity contribution >= 4 is 11.6 Å². The predicted molar refractivity (Wildman–Crippen MR) is 78.4 cm³/mol. The van der Waals surface area contributed by atoms with Crippen LogP contribution >= 0.6 is 0 Å². The molecule has 3 heterocycles. The molecule has 0 fully saturated rings. The van der Waals surface area contributed by atoms with Gasteiger partial charge in [-0.15, -0.1) is 0 Å². The number of amides is 1. The number of nitrogens with one attached hydrogen (secondary N) is 1. The molecule has 4 rings (SSSR count). The smallest absolute Gasteiger partial charge is 0.251 e. The van der Waals surface area contributed by atoms with E-state index in [9.17, 15) is 4.79 Å². The van der Waals surface area contributed by atoms with Crippen molar-refractivity contribution in [2.24, 2.45) is 0 Å². The molecule has 5 nitrogen and oxygen atoms in total. The number of rotatable bonds is 2. The molecule has 2 aromatic heterocycles. The fourth-order valence-corrected chi connectivity index (χ4v) is 2.78. The lowest BCUT2D eigenvalue weighted by Crippen LogP contribution is -2.12. The topological polar surface area (TPSA) is 55.6 Å². The molecular formula is C16H13N3O2. The minimum absolute atomic E-state index is 0.0117. The second-order valence-electron chi connectivity index (χ2n) is 4.95. The zero-order valence-electron chi connectivity index (χ0n) is 11.5. The predicted octanol–water partition coefficient (Wildman–Crippen LogP) is 2.25. The fraction of sp³-hybridized carbons (Fsp3) is 0.125. The number of fused-ring (bicyclic) bond motifs is 2. The number of carbonyl (C=O) groups is 1. The first-order valence-electron chi connectivity index (χ1n) is 6.69. The molecular weight excluding hydrogens is 266 g/mol. The highest BCUT2D eigenvalue weighted by Gasteiger charge is 2.23. The number of nitrogens with zero attached hydrogens (tertiary/aromatic N) is 2. The highest BCUT2D eigenvalue weighted by atomic mass is 16.5. The van der Waals surface area contributed by atoms with E-state index in [2.05, 4.69) is 10.3 Å². The molecule has 0 saturated heterocycles. The number of benzene rings is 1. The Morgan fingerprint density at radius 1 is 1.29 bits per heavy atom. The lowest BCUT2D eigenvalue weighted by Gasteiger charge is -2.07. The Morgan fingerprint density at radius 2 is 2.14 bits per heavy atom. The van der Waals surface area contributed by atoms with Gasteiger partial charge in [0.1, 0.15) is 11.4 Å². The van der Waals surface area contributed by atoms with Crippen molar-refractivity contribution in [3.05, 3.63) is 53.9 Å². The van der Waals surface area contributed by atoms with E-state index < -0.39 is 0 Å². The lowest BCUT2D eigenvalue weighted by atomic mass is 10.0. The lowest BCUT2D eigenvalue weighted by molar-refractivity contribution is 0.0966. The average Bonchev–Trinajstić information content (AvgIpc) is 3.10. The van der Waals surface area contributed by atoms with E-state index in [1.165, 1.54) is 0 Å². The molecule has 0 spiro atoms. The summed E-state index contributed by atoms with van der Waals surface area (Å²) in [4.78, 5) is 16.2. The number of hydrogen-bond donors (Lipinski definition) is 1. The Bertz CT molecular complexity index is 867. The van der Waals surface area contributed by atoms with Crippen molar-refractivity contribution in [1.82, 2.24) is 14.7 Å². The number of aromatic nitrogens is 2. The summed E-state index contributed by atoms with van der Waals surface area (Å²) in [6, 6.07) is 9.56. The molecule has 1 aliphatic rings. The third-order valence-electron chi connectivity index (χ3n) is 3.84. The standard InChI is InChI=1S/C16H13N3O2/c1-21-10-5-6-19-14(9-17-15(19)7-10)11-3-2-4-12-13(11)8-18-16(12)20/h2-7,9H,8H2,1H3,(H,18,20). The van der Waals surface area contributed by atoms with Crippen molar-refractivity contribution < 1.29 is 9.53 Å². The molecule has 1 N–H and O–H groups in total. The summed E-state index contributed by atoms with van der Waals surface area (Å²) in [5.74, 6) is 0.761. The van der Waals surface area contributed by atoms with E-state index in [1.54, 1.807) is 7.11 Å². The molecule has 5 heteroatoms. The maximum atomic E-state index is 11.8. The van der Waals surface area contributed by atoms with Crippen molar-refractivity contribution in [2.75, 3.05) is 7.11 Å². The number of methoxy groups -OCH3 is 1. The monoisotopic (exact) mass is 279 g/mol. The van der Waals surface area contributed by atoms with Gasteiger partial charge < -0.3 is 10.1 Å². The van der Waals surface area contributed by atoms with E-state index in [-0.39, 0.29) is 5.91 Å². The van der Waals surface area contributed by atoms with Crippen LogP contribution in [0.3, 0.4) is 0 Å². The van der Waals surface area contributed by atoms with E-state index in [0.29, 0.717) is 6.54 Å². The quantitative estimate of drug-likeness (QED) is 0.782. The van der Waals surface area contributed by atoms with Gasteiger partial charge in [-0.3, -0.25) is 9.20 Å². The van der Waals surface area contributed by atoms with Gasteiger partial charge in [0, 0.05) is 29.9 Å². The molecule has 3 aromatic rings. The van der Waals surface area contributed by atoms with Gasteiger partial charge in [0.25, 0.3) is 5.91 Å². The molecule has 104 valence electrons. The zero-order valence-corrected chi connectivity index (χ0v) is 11.5. The van der Waals surface area contributed by atoms with Crippen LogP contribution in [0.25, 0.3) is 16.9 Å². The van der Waals surface area contributed by atoms with E-state index in [4.69, 9.17) is 4.74 Å². The molecule has 0 unspecified atom stereocenters. The van der Waals surface area contributed by atoms with Crippen molar-refractivity contribution in [2.45, 2.75) is 6.54 Å². The number of imidazole rings is 1. The maximum Gasteiger partial charge on any atom is 0.251 e. The van der Waals surface area contributed by atoms with Crippen LogP contribution in [0.2, 0.25) is 0 Å². The van der Waals surface area contributed by atoms with Crippen LogP contribution in [0, 0.1) is 0 Å². The second-order valence-corrected chi connectivity index (χ2v) is 4.95. The van der Waals surface area contributed by atoms with Crippen molar-refractivity contribution in [1.29, 1.82) is 0 Å². The van der Waals surface area contributed by atoms with E-state index >= 15 is 0 Å². The SMILES string of the molecule is COc1ccn2c(-c3cccc4c3CNC4=O)cnc2c1. The highest BCUT2D eigenvalue weighted by molar-refractivity contribution is 6.00. The molecule has 0 atom stereocenters. The van der Waals surface area contributed by atoms with Crippen LogP contribution in [0.15, 0.2) is 42.7 Å². The van der Waals surface area contributed by atoms with Gasteiger partial charge >= 0.3 is 0 Å². The van der Waals surface area contributed by atoms with Gasteiger partial charge in [-0.05, 0) is 17.7 Å². The largest absolute Gasteiger partial charge is 0.497 e. The third kappa shape index (κ3) is 1.71. The maximum absolute atomic E-state index is 11.8. The number of hydrogen-bond acceptors (Lipinski definition) is 3. The van der Waals surface area contributed by atoms with Crippen LogP contribution in [0.4, 0.5) is 0 Å². The Kier molecular flexibility index (Phi) is 2.47. The zero-order chi connectivity index (χ0) is 14.4. The van der Waals surface area contributed by atoms with Gasteiger partial charge in [-0.1, -0.05) is 12.1 Å². The molecule has 0 saturated carbocycles. The summed E-state index contributed by atoms with van der Waals surface area (Å²) in [6.07, 6.45) is 3.76. The molecule has 1 aromatic carbocycles. The van der Waals surface area contributed by atoms with Gasteiger partial charge in [-0.2, -0.15) is 0 Å². The third-order valence-corrected chi connectivity index (χ3v) is 3.84. The minimum Gasteiger partial charge on any atom is -0.497 e. The Morgan fingerprint density at radius 3 is 3.00 bits per heavy atom. The van der Waals surface area contributed by atoms with E-state index in [1.807, 2.05) is 47.1 Å². The molecule has 0 radical (unpaired) electrons. The Hall–Kier alpha value is -2.82. The molecule has 0 bridgehead atoms. The molecule has 21 heavy (non-hydrogen) atoms. The number of ether oxygens (including phenoxy) is 1. The Labute approximate surface area is 121 Å². The van der Waals surface area contributed by atoms with Crippen molar-refractivity contribution in [3.8, 4) is 17.0 Å². The van der Waals surface area contributed by atoms with Crippen LogP contribution in [-0.2, 0) is 6.54 Å². The normalized spacial score (nSPS) is 13.3. The first-order valence-corrected chi connectivity index (χ1v) is 6.69. The summed E-state index contributed by atoms with van der Waals surface area (Å²) in [6.45, 7) is 0.563. The molecule has 1 aliphatic heterocycles. The average molecular weight is 279 g/mol. The van der Waals surface area contributed by atoms with Gasteiger partial charge in [0.05, 0.1) is 19.0 Å². The summed E-state index contributed by atoms with van der Waals surface area (Å²) >= 11 is 0. The summed E-state index contributed by atoms with van der Waals surface area (Å²) in [5.41, 5.74) is 4.60. The Balaban J connectivity index is 1.94. The van der Waals surface area contributed by atoms with Crippen LogP contribution in [0.1, 0.15) is 15.9 Å². The summed E-state index contributed by atoms with van der Waals surface area (Å²) in [7, 11) is 1.64. The van der Waals surface area contributed by atoms with Gasteiger partial charge in [0.2, 0.25) is 0 Å². The first-order chi connectivity index (χ1) is 10.3. The van der Waals surface area contributed by atoms with Crippen molar-refractivity contribution in [3.63, 3.8) is 0 Å². The second kappa shape index (κ2) is 4.34. The van der Waals surface area contributed by atoms with Crippen LogP contribution in [-0.4, -0.2) is 22.4 Å². The molecule has 1 amide bonds. The minimum atomic E-state index is -0.0117. The summed E-state index contributed by atoms with van der Waals surface area (Å²) in [5, 5.41) is 2.87. The first kappa shape index (κ1) is 12.0. The fourth-order valence-electron chi connectivity index (χ4n) is 2.78. The van der Waals surface area contributed by atoms with E-state index in [0.717, 1.165) is 33.8 Å². The van der Waals surface area contributed by atoms with Crippen LogP contribution in [0.5, 0.6) is 5.75 Å². The number of carbonyl (C=O) groups excluding carboxylic acids is 1. The number of pyridine rings is 1. The van der Waals surface area contributed by atoms with Crippen LogP contribution < -0.4 is 10.1 Å². The highest BCUT2D eigenvalue weighted by Crippen LogP contribution is 2.30. The van der Waals surface area contributed by atoms with Gasteiger partial charge in [-0.25, -0.2) is 4.98 Å². The van der Waals surface area contributed by atoms with Gasteiger partial charge in [0.15, 0.2) is 0 Å². The summed E-state index contributed by atoms with van der Waals surface area (Å²) < 4.78 is 7.22.